The molecule has 5 heteroatoms. The summed E-state index contributed by atoms with van der Waals surface area (Å²) < 4.78 is 0. The summed E-state index contributed by atoms with van der Waals surface area (Å²) in [5.74, 6) is -3.09. The van der Waals surface area contributed by atoms with Crippen molar-refractivity contribution >= 4 is 35.8 Å². The number of rotatable bonds is 2. The first-order valence-electron chi connectivity index (χ1n) is 1.73. The van der Waals surface area contributed by atoms with Crippen molar-refractivity contribution in [2.75, 3.05) is 0 Å². The van der Waals surface area contributed by atoms with Crippen LogP contribution in [-0.2, 0) is 9.59 Å². The summed E-state index contributed by atoms with van der Waals surface area (Å²) >= 11 is 0. The van der Waals surface area contributed by atoms with Gasteiger partial charge in [-0.1, -0.05) is 0 Å². The van der Waals surface area contributed by atoms with Gasteiger partial charge in [0.1, 0.15) is 0 Å². The van der Waals surface area contributed by atoms with Crippen molar-refractivity contribution < 1.29 is 22.7 Å². The molecule has 0 aliphatic carbocycles. The molecule has 0 saturated carbocycles. The van der Waals surface area contributed by atoms with Crippen molar-refractivity contribution in [3.63, 3.8) is 0 Å². The van der Waals surface area contributed by atoms with Gasteiger partial charge in [-0.25, -0.2) is 0 Å². The standard InChI is InChI=1S/C4H4O4.Sn.2H2/c5-3(6)1-2-4(7)8;;;/h1-2H,(H,5,6)(H,7,8);;2*1H/q;+2;;/p-2/b2-1-;;;. The van der Waals surface area contributed by atoms with E-state index in [4.69, 9.17) is 0 Å². The van der Waals surface area contributed by atoms with Crippen LogP contribution in [-0.4, -0.2) is 35.8 Å². The van der Waals surface area contributed by atoms with Gasteiger partial charge in [0, 0.05) is 2.85 Å². The van der Waals surface area contributed by atoms with Crippen molar-refractivity contribution in [2.24, 2.45) is 0 Å². The molecule has 50 valence electrons. The average Bonchev–Trinajstić information content (AvgIpc) is 1.61. The van der Waals surface area contributed by atoms with Gasteiger partial charge in [0.2, 0.25) is 0 Å². The van der Waals surface area contributed by atoms with Crippen LogP contribution in [0.15, 0.2) is 12.2 Å². The van der Waals surface area contributed by atoms with Gasteiger partial charge in [-0.05, 0) is 12.2 Å². The zero-order valence-electron chi connectivity index (χ0n) is 4.29. The summed E-state index contributed by atoms with van der Waals surface area (Å²) in [6, 6.07) is 0. The summed E-state index contributed by atoms with van der Waals surface area (Å²) in [7, 11) is 0. The Morgan fingerprint density at radius 3 is 1.44 bits per heavy atom. The molecule has 0 aromatic carbocycles. The van der Waals surface area contributed by atoms with E-state index >= 15 is 0 Å². The molecule has 0 saturated heterocycles. The van der Waals surface area contributed by atoms with E-state index in [2.05, 4.69) is 0 Å². The first kappa shape index (κ1) is 11.3. The number of carbonyl (C=O) groups excluding carboxylic acids is 2. The molecule has 0 rings (SSSR count). The summed E-state index contributed by atoms with van der Waals surface area (Å²) in [6.07, 6.45) is 0.769. The Kier molecular flexibility index (Phi) is 7.05. The SMILES string of the molecule is O=C([O-])/C=C\C(=O)[O-].[HH].[HH].[Sn+2]. The molecule has 2 radical (unpaired) electrons. The minimum Gasteiger partial charge on any atom is -0.545 e. The van der Waals surface area contributed by atoms with E-state index < -0.39 is 11.9 Å². The smallest absolute Gasteiger partial charge is 0.545 e. The van der Waals surface area contributed by atoms with Crippen LogP contribution in [0, 0.1) is 0 Å². The third-order valence-electron chi connectivity index (χ3n) is 0.355. The zero-order chi connectivity index (χ0) is 6.57. The van der Waals surface area contributed by atoms with E-state index in [1.54, 1.807) is 0 Å². The molecule has 0 atom stereocenters. The van der Waals surface area contributed by atoms with E-state index in [9.17, 15) is 19.8 Å². The molecule has 0 aromatic heterocycles. The fourth-order valence-corrected chi connectivity index (χ4v) is 0.136. The van der Waals surface area contributed by atoms with Crippen LogP contribution in [0.4, 0.5) is 0 Å². The molecular formula is C4H6O4Sn. The van der Waals surface area contributed by atoms with E-state index in [1.807, 2.05) is 0 Å². The van der Waals surface area contributed by atoms with Crippen molar-refractivity contribution in [2.45, 2.75) is 0 Å². The van der Waals surface area contributed by atoms with E-state index in [0.29, 0.717) is 12.2 Å². The molecule has 0 aliphatic rings. The van der Waals surface area contributed by atoms with Crippen LogP contribution in [0.25, 0.3) is 0 Å². The molecule has 0 amide bonds. The number of hydrogen-bond donors (Lipinski definition) is 0. The number of aliphatic carboxylic acids is 2. The van der Waals surface area contributed by atoms with Gasteiger partial charge in [-0.15, -0.1) is 0 Å². The quantitative estimate of drug-likeness (QED) is 0.382. The minimum atomic E-state index is -1.55. The van der Waals surface area contributed by atoms with Gasteiger partial charge in [0.15, 0.2) is 0 Å². The third-order valence-corrected chi connectivity index (χ3v) is 0.355. The second-order valence-electron chi connectivity index (χ2n) is 0.971. The second-order valence-corrected chi connectivity index (χ2v) is 0.971. The number of hydrogen-bond acceptors (Lipinski definition) is 4. The van der Waals surface area contributed by atoms with Crippen molar-refractivity contribution in [3.8, 4) is 0 Å². The molecule has 4 nitrogen and oxygen atoms in total. The van der Waals surface area contributed by atoms with Gasteiger partial charge >= 0.3 is 23.9 Å². The Hall–Kier alpha value is -0.521. The van der Waals surface area contributed by atoms with Crippen LogP contribution >= 0.6 is 0 Å². The third kappa shape index (κ3) is 11.2. The summed E-state index contributed by atoms with van der Waals surface area (Å²) in [6.45, 7) is 0. The molecule has 0 bridgehead atoms. The fraction of sp³-hybridized carbons (Fsp3) is 0. The van der Waals surface area contributed by atoms with Crippen molar-refractivity contribution in [3.05, 3.63) is 12.2 Å². The topological polar surface area (TPSA) is 80.3 Å². The first-order valence-corrected chi connectivity index (χ1v) is 1.73. The van der Waals surface area contributed by atoms with Gasteiger partial charge in [-0.2, -0.15) is 0 Å². The van der Waals surface area contributed by atoms with E-state index in [-0.39, 0.29) is 26.8 Å². The Morgan fingerprint density at radius 2 is 1.33 bits per heavy atom. The molecular weight excluding hydrogens is 231 g/mol. The summed E-state index contributed by atoms with van der Waals surface area (Å²) in [4.78, 5) is 18.8. The Bertz CT molecular complexity index is 131. The first-order chi connectivity index (χ1) is 3.63. The minimum absolute atomic E-state index is 0. The molecule has 9 heavy (non-hydrogen) atoms. The van der Waals surface area contributed by atoms with Gasteiger partial charge in [0.25, 0.3) is 0 Å². The number of carbonyl (C=O) groups is 2. The predicted molar refractivity (Wildman–Crippen MR) is 29.1 cm³/mol. The molecule has 0 N–H and O–H groups in total. The molecule has 0 aromatic rings. The Morgan fingerprint density at radius 1 is 1.11 bits per heavy atom. The molecule has 0 unspecified atom stereocenters. The van der Waals surface area contributed by atoms with Gasteiger partial charge in [0.05, 0.1) is 11.9 Å². The predicted octanol–water partition coefficient (Wildman–Crippen LogP) is -2.85. The van der Waals surface area contributed by atoms with E-state index in [1.165, 1.54) is 0 Å². The summed E-state index contributed by atoms with van der Waals surface area (Å²) in [5, 5.41) is 18.8. The molecule has 0 heterocycles. The second kappa shape index (κ2) is 5.61. The van der Waals surface area contributed by atoms with Crippen molar-refractivity contribution in [1.29, 1.82) is 0 Å². The average molecular weight is 237 g/mol. The van der Waals surface area contributed by atoms with Gasteiger partial charge < -0.3 is 19.8 Å². The number of carboxylic acids is 2. The van der Waals surface area contributed by atoms with Crippen LogP contribution in [0.3, 0.4) is 0 Å². The largest absolute Gasteiger partial charge is 2.00 e. The van der Waals surface area contributed by atoms with E-state index in [0.717, 1.165) is 0 Å². The summed E-state index contributed by atoms with van der Waals surface area (Å²) in [5.41, 5.74) is 0. The maximum absolute atomic E-state index is 9.41. The number of carboxylic acid groups (broad SMARTS) is 2. The van der Waals surface area contributed by atoms with Crippen LogP contribution in [0.1, 0.15) is 2.85 Å². The molecule has 0 aliphatic heterocycles. The fourth-order valence-electron chi connectivity index (χ4n) is 0.136. The van der Waals surface area contributed by atoms with Gasteiger partial charge in [-0.3, -0.25) is 0 Å². The normalized spacial score (nSPS) is 8.44. The zero-order valence-corrected chi connectivity index (χ0v) is 7.14. The molecule has 0 spiro atoms. The maximum atomic E-state index is 9.41. The van der Waals surface area contributed by atoms with Crippen LogP contribution < -0.4 is 10.2 Å². The van der Waals surface area contributed by atoms with Crippen LogP contribution in [0.5, 0.6) is 0 Å². The Balaban J connectivity index is -0.0000000817. The maximum Gasteiger partial charge on any atom is 2.00 e. The Labute approximate surface area is 71.1 Å². The van der Waals surface area contributed by atoms with Crippen LogP contribution in [0.2, 0.25) is 0 Å². The molecule has 0 fully saturated rings. The van der Waals surface area contributed by atoms with Crippen molar-refractivity contribution in [1.82, 2.24) is 0 Å². The monoisotopic (exact) mass is 238 g/mol.